The van der Waals surface area contributed by atoms with Gasteiger partial charge in [-0.1, -0.05) is 271 Å². The summed E-state index contributed by atoms with van der Waals surface area (Å²) in [4.78, 5) is 80.0. The fourth-order valence-electron chi connectivity index (χ4n) is 12.0. The maximum absolute atomic E-state index is 13.5. The van der Waals surface area contributed by atoms with Gasteiger partial charge in [-0.2, -0.15) is 0 Å². The van der Waals surface area contributed by atoms with Gasteiger partial charge in [0.05, 0.1) is 33.4 Å². The molecule has 0 bridgehead atoms. The second kappa shape index (κ2) is 33.5. The number of hydrogen-bond acceptors (Lipinski definition) is 15. The predicted octanol–water partition coefficient (Wildman–Crippen LogP) is 17.4. The van der Waals surface area contributed by atoms with E-state index < -0.39 is 83.7 Å². The molecule has 104 heavy (non-hydrogen) atoms. The van der Waals surface area contributed by atoms with Crippen molar-refractivity contribution in [1.82, 2.24) is 0 Å². The van der Waals surface area contributed by atoms with Crippen molar-refractivity contribution in [2.45, 2.75) is 47.9 Å². The van der Waals surface area contributed by atoms with Crippen LogP contribution in [0, 0.1) is 0 Å². The fraction of sp³-hybridized carbons (Fsp3) is 0.114. The van der Waals surface area contributed by atoms with Crippen LogP contribution in [0.3, 0.4) is 0 Å². The molecule has 0 saturated carbocycles. The van der Waals surface area contributed by atoms with E-state index in [9.17, 15) is 33.9 Å². The summed E-state index contributed by atoms with van der Waals surface area (Å²) in [7, 11) is 0. The van der Waals surface area contributed by atoms with Gasteiger partial charge in [0.1, 0.15) is 25.4 Å². The highest BCUT2D eigenvalue weighted by molar-refractivity contribution is 9.09. The highest BCUT2D eigenvalue weighted by Crippen LogP contribution is 2.35. The van der Waals surface area contributed by atoms with E-state index >= 15 is 0 Å². The molecule has 2 saturated heterocycles. The number of ether oxygens (including phenoxy) is 8. The number of carbonyl (C=O) groups excluding carboxylic acids is 6. The van der Waals surface area contributed by atoms with Gasteiger partial charge in [0.2, 0.25) is 0 Å². The van der Waals surface area contributed by atoms with Gasteiger partial charge in [-0.3, -0.25) is 0 Å². The minimum atomic E-state index is -1.67. The maximum atomic E-state index is 13.5. The summed E-state index contributed by atoms with van der Waals surface area (Å²) in [5.74, 6) is -3.97. The first-order valence-electron chi connectivity index (χ1n) is 33.6. The van der Waals surface area contributed by atoms with E-state index in [0.29, 0.717) is 22.3 Å². The smallest absolute Gasteiger partial charge is 0.338 e. The van der Waals surface area contributed by atoms with Crippen molar-refractivity contribution in [3.8, 4) is 66.8 Å². The largest absolute Gasteiger partial charge is 0.459 e. The SMILES string of the molecule is O=C(OC[C@@H]1OC(Br)[C@H](OC(=O)c2ccc(-c3ccccc3)cc2)[C@H]1OC(=O)c1ccc(-c2ccccc2)cc1)c1ccc(-c2ccccc2)cc1.O=C(OC[C@@H]1OC(O)[C@H](OC(=O)c2ccc(-c3ccccc3)cc2)[C@H]1OC(=O)c1ccc(-c2ccccc2)cc1)c1ccc(-c2ccccc2)cc1. The van der Waals surface area contributed by atoms with Gasteiger partial charge < -0.3 is 43.0 Å². The Balaban J connectivity index is 0.000000185. The molecule has 15 nitrogen and oxygen atoms in total. The third kappa shape index (κ3) is 17.4. The molecule has 0 spiro atoms. The Hall–Kier alpha value is -12.2. The molecule has 12 aromatic rings. The number of hydrogen-bond donors (Lipinski definition) is 1. The Morgan fingerprint density at radius 2 is 0.442 bits per heavy atom. The second-order valence-electron chi connectivity index (χ2n) is 24.4. The van der Waals surface area contributed by atoms with Gasteiger partial charge in [0.25, 0.3) is 0 Å². The molecule has 8 atom stereocenters. The summed E-state index contributed by atoms with van der Waals surface area (Å²) in [5, 5.41) is 10.1. The summed E-state index contributed by atoms with van der Waals surface area (Å²) >= 11 is 3.46. The molecule has 0 aliphatic carbocycles. The molecule has 16 heteroatoms. The minimum absolute atomic E-state index is 0.224. The lowest BCUT2D eigenvalue weighted by atomic mass is 10.0. The van der Waals surface area contributed by atoms with Crippen molar-refractivity contribution in [1.29, 1.82) is 0 Å². The predicted molar refractivity (Wildman–Crippen MR) is 397 cm³/mol. The minimum Gasteiger partial charge on any atom is -0.459 e. The van der Waals surface area contributed by atoms with Crippen LogP contribution in [0.15, 0.2) is 328 Å². The quantitative estimate of drug-likeness (QED) is 0.0429. The zero-order chi connectivity index (χ0) is 71.7. The van der Waals surface area contributed by atoms with Crippen LogP contribution in [0.5, 0.6) is 0 Å². The van der Waals surface area contributed by atoms with Crippen molar-refractivity contribution in [2.75, 3.05) is 13.2 Å². The van der Waals surface area contributed by atoms with E-state index in [1.165, 1.54) is 0 Å². The van der Waals surface area contributed by atoms with Crippen molar-refractivity contribution in [3.05, 3.63) is 361 Å². The Kier molecular flexibility index (Phi) is 22.7. The van der Waals surface area contributed by atoms with E-state index in [0.717, 1.165) is 66.8 Å². The van der Waals surface area contributed by atoms with Gasteiger partial charge in [0.15, 0.2) is 35.7 Å². The number of rotatable bonds is 20. The first-order chi connectivity index (χ1) is 50.8. The van der Waals surface area contributed by atoms with E-state index in [4.69, 9.17) is 37.9 Å². The van der Waals surface area contributed by atoms with Crippen molar-refractivity contribution >= 4 is 51.7 Å². The van der Waals surface area contributed by atoms with Crippen LogP contribution in [0.4, 0.5) is 0 Å². The average molecular weight is 1440 g/mol. The van der Waals surface area contributed by atoms with Crippen molar-refractivity contribution in [3.63, 3.8) is 0 Å². The second-order valence-corrected chi connectivity index (χ2v) is 25.3. The molecule has 2 fully saturated rings. The Morgan fingerprint density at radius 1 is 0.250 bits per heavy atom. The maximum Gasteiger partial charge on any atom is 0.338 e. The molecule has 516 valence electrons. The van der Waals surface area contributed by atoms with Crippen molar-refractivity contribution < 1.29 is 71.8 Å². The topological polar surface area (TPSA) is 196 Å². The van der Waals surface area contributed by atoms with Crippen LogP contribution in [0.2, 0.25) is 0 Å². The lowest BCUT2D eigenvalue weighted by molar-refractivity contribution is -0.135. The number of aliphatic hydroxyl groups is 1. The van der Waals surface area contributed by atoms with Gasteiger partial charge in [0, 0.05) is 0 Å². The lowest BCUT2D eigenvalue weighted by Crippen LogP contribution is -2.42. The third-order valence-corrected chi connectivity index (χ3v) is 18.4. The Bertz CT molecular complexity index is 4550. The van der Waals surface area contributed by atoms with Crippen LogP contribution in [-0.4, -0.2) is 102 Å². The highest BCUT2D eigenvalue weighted by Gasteiger charge is 2.51. The molecule has 0 amide bonds. The molecule has 2 aliphatic heterocycles. The van der Waals surface area contributed by atoms with E-state index in [-0.39, 0.29) is 24.3 Å². The summed E-state index contributed by atoms with van der Waals surface area (Å²) < 4.78 is 46.5. The normalized spacial score (nSPS) is 17.9. The number of carbonyl (C=O) groups is 6. The first-order valence-corrected chi connectivity index (χ1v) is 34.5. The zero-order valence-electron chi connectivity index (χ0n) is 55.8. The number of esters is 6. The fourth-order valence-corrected chi connectivity index (χ4v) is 12.7. The highest BCUT2D eigenvalue weighted by atomic mass is 79.9. The summed E-state index contributed by atoms with van der Waals surface area (Å²) in [5.41, 5.74) is 13.3. The van der Waals surface area contributed by atoms with Crippen molar-refractivity contribution in [2.24, 2.45) is 0 Å². The molecule has 2 unspecified atom stereocenters. The molecule has 14 rings (SSSR count). The monoisotopic (exact) mass is 1440 g/mol. The molecular formula is C88H67BrO15. The number of alkyl halides is 1. The molecule has 0 radical (unpaired) electrons. The molecule has 12 aromatic carbocycles. The van der Waals surface area contributed by atoms with Crippen LogP contribution in [0.25, 0.3) is 66.8 Å². The molecule has 2 heterocycles. The summed E-state index contributed by atoms with van der Waals surface area (Å²) in [6.45, 7) is -0.646. The van der Waals surface area contributed by atoms with Gasteiger partial charge in [-0.15, -0.1) is 0 Å². The molecule has 2 aliphatic rings. The molecular weight excluding hydrogens is 1380 g/mol. The Morgan fingerprint density at radius 3 is 0.692 bits per heavy atom. The molecule has 1 N–H and O–H groups in total. The zero-order valence-corrected chi connectivity index (χ0v) is 57.3. The third-order valence-electron chi connectivity index (χ3n) is 17.6. The van der Waals surface area contributed by atoms with Crippen LogP contribution >= 0.6 is 15.9 Å². The van der Waals surface area contributed by atoms with Crippen LogP contribution in [0.1, 0.15) is 62.1 Å². The summed E-state index contributed by atoms with van der Waals surface area (Å²) in [6.07, 6.45) is -8.63. The lowest BCUT2D eigenvalue weighted by Gasteiger charge is -2.23. The first kappa shape index (κ1) is 70.3. The number of aliphatic hydroxyl groups excluding tert-OH is 1. The van der Waals surface area contributed by atoms with E-state index in [2.05, 4.69) is 15.9 Å². The summed E-state index contributed by atoms with van der Waals surface area (Å²) in [6, 6.07) is 100. The van der Waals surface area contributed by atoms with Crippen LogP contribution in [-0.2, 0) is 37.9 Å². The Labute approximate surface area is 608 Å². The molecule has 0 aromatic heterocycles. The van der Waals surface area contributed by atoms with Gasteiger partial charge in [-0.05, 0) is 140 Å². The number of benzene rings is 12. The standard InChI is InChI=1S/C44H33BrO7.C44H34O8/c45-41-40(52-44(48)37-26-20-34(21-27-37)31-14-8-3-9-15-31)39(51-43(47)36-24-18-33(19-25-36)30-12-6-2-7-13-30)38(50-41)28-49-42(46)35-22-16-32(17-23-35)29-10-4-1-5-11-29;45-41(35-22-16-32(17-23-35)29-10-4-1-5-11-29)49-28-38-39(51-42(46)36-24-18-33(19-25-36)30-12-6-2-7-13-30)40(44(48)50-38)52-43(47)37-26-20-34(21-27-37)31-14-8-3-9-15-31/h1-27,38-41H,28H2;1-27,38-40,44,48H,28H2/t38-,39-,40+,41?;38-,39-,40+,44?/m00/s1. The van der Waals surface area contributed by atoms with Crippen LogP contribution < -0.4 is 0 Å². The number of halogens is 1. The van der Waals surface area contributed by atoms with E-state index in [1.54, 1.807) is 97.1 Å². The average Bonchev–Trinajstić information content (AvgIpc) is 1.63. The van der Waals surface area contributed by atoms with Gasteiger partial charge in [-0.25, -0.2) is 28.8 Å². The van der Waals surface area contributed by atoms with Gasteiger partial charge >= 0.3 is 35.8 Å². The van der Waals surface area contributed by atoms with E-state index in [1.807, 2.05) is 231 Å².